The lowest BCUT2D eigenvalue weighted by molar-refractivity contribution is -0.136. The summed E-state index contributed by atoms with van der Waals surface area (Å²) in [5, 5.41) is 12.1. The van der Waals surface area contributed by atoms with E-state index in [1.165, 1.54) is 35.2 Å². The molecule has 5 aliphatic rings. The van der Waals surface area contributed by atoms with Gasteiger partial charge in [-0.2, -0.15) is 0 Å². The molecule has 9 rings (SSSR count). The molecule has 3 amide bonds. The summed E-state index contributed by atoms with van der Waals surface area (Å²) in [5.74, 6) is -0.496. The molecule has 4 aromatic rings. The Morgan fingerprint density at radius 1 is 0.702 bits per heavy atom. The summed E-state index contributed by atoms with van der Waals surface area (Å²) in [5.41, 5.74) is 9.41. The van der Waals surface area contributed by atoms with Gasteiger partial charge in [-0.15, -0.1) is 0 Å². The number of nitrogens with zero attached hydrogens (tertiary/aromatic N) is 4. The number of carbonyl (C=O) groups is 4. The molecule has 3 saturated heterocycles. The topological polar surface area (TPSA) is 114 Å². The maximum absolute atomic E-state index is 13.2. The lowest BCUT2D eigenvalue weighted by Crippen LogP contribution is -2.52. The van der Waals surface area contributed by atoms with E-state index in [0.29, 0.717) is 35.9 Å². The molecule has 0 radical (unpaired) electrons. The fraction of sp³-hybridized carbons (Fsp3) is 0.404. The number of piperazine rings is 1. The molecular weight excluding hydrogens is 715 g/mol. The second-order valence-corrected chi connectivity index (χ2v) is 16.7. The predicted octanol–water partition coefficient (Wildman–Crippen LogP) is 6.44. The van der Waals surface area contributed by atoms with E-state index in [1.807, 2.05) is 18.2 Å². The van der Waals surface area contributed by atoms with Crippen molar-refractivity contribution in [2.75, 3.05) is 55.6 Å². The Morgan fingerprint density at radius 2 is 1.44 bits per heavy atom. The molecule has 0 spiro atoms. The minimum atomic E-state index is -0.871. The van der Waals surface area contributed by atoms with Gasteiger partial charge in [0.1, 0.15) is 6.04 Å². The van der Waals surface area contributed by atoms with Crippen LogP contribution in [0.1, 0.15) is 98.9 Å². The largest absolute Gasteiger partial charge is 0.478 e. The lowest BCUT2D eigenvalue weighted by Gasteiger charge is -2.40. The highest BCUT2D eigenvalue weighted by Gasteiger charge is 2.39. The number of hydrogen-bond donors (Lipinski definition) is 2. The van der Waals surface area contributed by atoms with Crippen LogP contribution in [0.2, 0.25) is 0 Å². The number of aryl methyl sites for hydroxylation is 1. The van der Waals surface area contributed by atoms with Crippen LogP contribution < -0.4 is 15.1 Å². The molecule has 4 aliphatic heterocycles. The Balaban J connectivity index is 0.795. The number of piperidine rings is 2. The number of benzene rings is 4. The molecule has 4 aromatic carbocycles. The van der Waals surface area contributed by atoms with Gasteiger partial charge in [0.15, 0.2) is 0 Å². The van der Waals surface area contributed by atoms with Crippen molar-refractivity contribution < 1.29 is 24.3 Å². The van der Waals surface area contributed by atoms with E-state index >= 15 is 0 Å². The van der Waals surface area contributed by atoms with Crippen LogP contribution in [0.5, 0.6) is 0 Å². The van der Waals surface area contributed by atoms with Crippen LogP contribution in [0.3, 0.4) is 0 Å². The van der Waals surface area contributed by atoms with Gasteiger partial charge in [-0.05, 0) is 121 Å². The summed E-state index contributed by atoms with van der Waals surface area (Å²) in [6, 6.07) is 31.2. The first kappa shape index (κ1) is 37.1. The summed E-state index contributed by atoms with van der Waals surface area (Å²) in [6.07, 6.45) is 5.95. The average Bonchev–Trinajstić information content (AvgIpc) is 3.43. The van der Waals surface area contributed by atoms with Gasteiger partial charge < -0.3 is 19.8 Å². The van der Waals surface area contributed by atoms with Crippen LogP contribution in [0.4, 0.5) is 11.4 Å². The van der Waals surface area contributed by atoms with Gasteiger partial charge in [0.05, 0.1) is 5.56 Å². The number of carbonyl (C=O) groups excluding carboxylic acids is 3. The minimum Gasteiger partial charge on any atom is -0.478 e. The van der Waals surface area contributed by atoms with Crippen LogP contribution >= 0.6 is 0 Å². The monoisotopic (exact) mass is 765 g/mol. The van der Waals surface area contributed by atoms with Gasteiger partial charge in [-0.1, -0.05) is 48.5 Å². The molecule has 3 atom stereocenters. The standard InChI is InChI=1S/C47H51N5O5/c53-43-18-17-42(45(54)48-43)52-30-36-28-38(14-16-41(36)46(52)55)51-25-23-49(24-26-51)29-31-19-21-50(22-20-31)37-12-9-33(10-13-37)44-39(32-5-2-1-3-6-32)8-4-7-34-27-35(47(56)57)11-15-40(34)44/h1-3,5-6,9-16,27-28,31,39,42,44H,4,7-8,17-26,29-30H2,(H,56,57)(H,48,53,54)/t39-,42-,44+/m0/s1. The molecule has 0 saturated carbocycles. The van der Waals surface area contributed by atoms with Crippen LogP contribution in [-0.4, -0.2) is 90.5 Å². The van der Waals surface area contributed by atoms with E-state index in [1.54, 1.807) is 11.0 Å². The molecule has 4 heterocycles. The van der Waals surface area contributed by atoms with Gasteiger partial charge >= 0.3 is 5.97 Å². The molecule has 10 nitrogen and oxygen atoms in total. The van der Waals surface area contributed by atoms with Crippen LogP contribution in [0, 0.1) is 5.92 Å². The zero-order chi connectivity index (χ0) is 39.0. The number of carboxylic acid groups (broad SMARTS) is 1. The van der Waals surface area contributed by atoms with Crippen LogP contribution in [0.25, 0.3) is 0 Å². The number of imide groups is 1. The number of hydrogen-bond acceptors (Lipinski definition) is 7. The van der Waals surface area contributed by atoms with Crippen molar-refractivity contribution in [2.24, 2.45) is 5.92 Å². The highest BCUT2D eigenvalue weighted by molar-refractivity contribution is 6.05. The lowest BCUT2D eigenvalue weighted by atomic mass is 9.75. The molecule has 3 fully saturated rings. The molecule has 0 bridgehead atoms. The van der Waals surface area contributed by atoms with Crippen molar-refractivity contribution in [2.45, 2.75) is 69.4 Å². The zero-order valence-electron chi connectivity index (χ0n) is 32.4. The van der Waals surface area contributed by atoms with Gasteiger partial charge in [-0.25, -0.2) is 4.79 Å². The van der Waals surface area contributed by atoms with Crippen molar-refractivity contribution >= 4 is 35.1 Å². The quantitative estimate of drug-likeness (QED) is 0.156. The fourth-order valence-corrected chi connectivity index (χ4v) is 10.2. The van der Waals surface area contributed by atoms with E-state index in [9.17, 15) is 24.3 Å². The van der Waals surface area contributed by atoms with Crippen LogP contribution in [-0.2, 0) is 22.6 Å². The Morgan fingerprint density at radius 3 is 2.18 bits per heavy atom. The van der Waals surface area contributed by atoms with Crippen molar-refractivity contribution in [3.8, 4) is 0 Å². The number of nitrogens with one attached hydrogen (secondary N) is 1. The summed E-state index contributed by atoms with van der Waals surface area (Å²) in [6.45, 7) is 7.49. The number of anilines is 2. The van der Waals surface area contributed by atoms with E-state index in [4.69, 9.17) is 0 Å². The second kappa shape index (κ2) is 15.8. The number of amides is 3. The molecule has 1 aliphatic carbocycles. The second-order valence-electron chi connectivity index (χ2n) is 16.7. The molecular formula is C47H51N5O5. The third-order valence-corrected chi connectivity index (χ3v) is 13.3. The Bertz CT molecular complexity index is 2160. The molecule has 294 valence electrons. The van der Waals surface area contributed by atoms with E-state index in [0.717, 1.165) is 81.9 Å². The number of aromatic carboxylic acids is 1. The molecule has 10 heteroatoms. The maximum Gasteiger partial charge on any atom is 0.335 e. The van der Waals surface area contributed by atoms with Gasteiger partial charge in [0.2, 0.25) is 11.8 Å². The maximum atomic E-state index is 13.2. The summed E-state index contributed by atoms with van der Waals surface area (Å²) >= 11 is 0. The fourth-order valence-electron chi connectivity index (χ4n) is 10.2. The molecule has 0 aromatic heterocycles. The first-order valence-corrected chi connectivity index (χ1v) is 20.8. The molecule has 0 unspecified atom stereocenters. The Hall–Kier alpha value is -5.48. The highest BCUT2D eigenvalue weighted by atomic mass is 16.4. The first-order chi connectivity index (χ1) is 27.8. The highest BCUT2D eigenvalue weighted by Crippen LogP contribution is 2.46. The van der Waals surface area contributed by atoms with Gasteiger partial charge in [0.25, 0.3) is 5.91 Å². The Labute approximate surface area is 334 Å². The van der Waals surface area contributed by atoms with Crippen LogP contribution in [0.15, 0.2) is 91.0 Å². The Kier molecular flexibility index (Phi) is 10.3. The third kappa shape index (κ3) is 7.55. The van der Waals surface area contributed by atoms with Crippen molar-refractivity contribution in [1.29, 1.82) is 0 Å². The summed E-state index contributed by atoms with van der Waals surface area (Å²) in [7, 11) is 0. The van der Waals surface area contributed by atoms with E-state index in [2.05, 4.69) is 86.7 Å². The van der Waals surface area contributed by atoms with Crippen molar-refractivity contribution in [1.82, 2.24) is 15.1 Å². The minimum absolute atomic E-state index is 0.129. The van der Waals surface area contributed by atoms with E-state index in [-0.39, 0.29) is 30.1 Å². The van der Waals surface area contributed by atoms with Crippen molar-refractivity contribution in [3.05, 3.63) is 130 Å². The van der Waals surface area contributed by atoms with Crippen molar-refractivity contribution in [3.63, 3.8) is 0 Å². The SMILES string of the molecule is O=C1CC[C@H](N2Cc3cc(N4CCN(CC5CCN(c6ccc([C@H]7c8ccc(C(=O)O)cc8CCC[C@H]7c7ccccc7)cc6)CC5)CC4)ccc3C2=O)C(=O)N1. The molecule has 57 heavy (non-hydrogen) atoms. The third-order valence-electron chi connectivity index (χ3n) is 13.3. The number of fused-ring (bicyclic) bond motifs is 2. The molecule has 2 N–H and O–H groups in total. The first-order valence-electron chi connectivity index (χ1n) is 20.8. The summed E-state index contributed by atoms with van der Waals surface area (Å²) in [4.78, 5) is 58.3. The van der Waals surface area contributed by atoms with E-state index < -0.39 is 12.0 Å². The predicted molar refractivity (Wildman–Crippen MR) is 220 cm³/mol. The number of rotatable bonds is 8. The average molecular weight is 766 g/mol. The zero-order valence-corrected chi connectivity index (χ0v) is 32.4. The smallest absolute Gasteiger partial charge is 0.335 e. The normalized spacial score (nSPS) is 23.2. The summed E-state index contributed by atoms with van der Waals surface area (Å²) < 4.78 is 0. The number of carboxylic acids is 1. The van der Waals surface area contributed by atoms with Gasteiger partial charge in [0, 0.05) is 81.6 Å². The van der Waals surface area contributed by atoms with Gasteiger partial charge in [-0.3, -0.25) is 24.6 Å².